The predicted molar refractivity (Wildman–Crippen MR) is 95.9 cm³/mol. The average Bonchev–Trinajstić information content (AvgIpc) is 2.55. The molecule has 0 aliphatic heterocycles. The molecule has 0 aliphatic carbocycles. The Hall–Kier alpha value is -2.39. The molecular weight excluding hydrogens is 320 g/mol. The van der Waals surface area contributed by atoms with E-state index in [-0.39, 0.29) is 11.2 Å². The number of hydrogen-bond donors (Lipinski definition) is 0. The normalized spacial score (nSPS) is 11.6. The lowest BCUT2D eigenvalue weighted by molar-refractivity contribution is -0.117. The molecule has 1 atom stereocenters. The maximum Gasteiger partial charge on any atom is 0.240 e. The second-order valence-electron chi connectivity index (χ2n) is 5.39. The van der Waals surface area contributed by atoms with Crippen molar-refractivity contribution in [3.05, 3.63) is 47.9 Å². The second kappa shape index (κ2) is 8.46. The molecule has 0 N–H and O–H groups in total. The van der Waals surface area contributed by atoms with Gasteiger partial charge in [-0.15, -0.1) is 0 Å². The molecule has 0 radical (unpaired) electrons. The third-order valence-electron chi connectivity index (χ3n) is 3.37. The van der Waals surface area contributed by atoms with Crippen molar-refractivity contribution in [1.29, 1.82) is 5.26 Å². The molecule has 2 aromatic rings. The molecule has 24 heavy (non-hydrogen) atoms. The van der Waals surface area contributed by atoms with Gasteiger partial charge in [0.2, 0.25) is 5.91 Å². The molecule has 1 unspecified atom stereocenters. The number of aromatic nitrogens is 2. The Morgan fingerprint density at radius 3 is 2.62 bits per heavy atom. The Morgan fingerprint density at radius 1 is 1.29 bits per heavy atom. The minimum absolute atomic E-state index is 0.0321. The number of nitriles is 1. The van der Waals surface area contributed by atoms with Crippen molar-refractivity contribution in [2.45, 2.75) is 37.5 Å². The Balaban J connectivity index is 2.17. The SMILES string of the molecule is Cc1cc(SC(C)C(=O)N(CCC#N)c2ccccc2)nc(C)n1. The summed E-state index contributed by atoms with van der Waals surface area (Å²) in [6.45, 7) is 6.00. The summed E-state index contributed by atoms with van der Waals surface area (Å²) < 4.78 is 0. The highest BCUT2D eigenvalue weighted by atomic mass is 32.2. The maximum atomic E-state index is 12.9. The van der Waals surface area contributed by atoms with E-state index in [2.05, 4.69) is 16.0 Å². The second-order valence-corrected chi connectivity index (χ2v) is 6.75. The lowest BCUT2D eigenvalue weighted by Gasteiger charge is -2.24. The van der Waals surface area contributed by atoms with Crippen molar-refractivity contribution in [2.24, 2.45) is 0 Å². The number of carbonyl (C=O) groups excluding carboxylic acids is 1. The van der Waals surface area contributed by atoms with Crippen LogP contribution in [0.3, 0.4) is 0 Å². The van der Waals surface area contributed by atoms with Crippen molar-refractivity contribution in [3.63, 3.8) is 0 Å². The summed E-state index contributed by atoms with van der Waals surface area (Å²) in [5, 5.41) is 9.35. The third kappa shape index (κ3) is 4.80. The average molecular weight is 340 g/mol. The molecule has 124 valence electrons. The van der Waals surface area contributed by atoms with Crippen LogP contribution in [-0.2, 0) is 4.79 Å². The first-order valence-electron chi connectivity index (χ1n) is 7.73. The topological polar surface area (TPSA) is 69.9 Å². The number of hydrogen-bond acceptors (Lipinski definition) is 5. The molecule has 0 saturated heterocycles. The first kappa shape index (κ1) is 18.0. The summed E-state index contributed by atoms with van der Waals surface area (Å²) in [4.78, 5) is 23.2. The van der Waals surface area contributed by atoms with E-state index in [9.17, 15) is 4.79 Å². The smallest absolute Gasteiger partial charge is 0.240 e. The van der Waals surface area contributed by atoms with Gasteiger partial charge in [-0.1, -0.05) is 30.0 Å². The number of para-hydroxylation sites is 1. The summed E-state index contributed by atoms with van der Waals surface area (Å²) >= 11 is 1.41. The van der Waals surface area contributed by atoms with Crippen LogP contribution in [0.25, 0.3) is 0 Å². The zero-order valence-corrected chi connectivity index (χ0v) is 14.9. The summed E-state index contributed by atoms with van der Waals surface area (Å²) in [5.41, 5.74) is 1.69. The van der Waals surface area contributed by atoms with Crippen LogP contribution in [0, 0.1) is 25.2 Å². The van der Waals surface area contributed by atoms with Gasteiger partial charge in [-0.3, -0.25) is 4.79 Å². The van der Waals surface area contributed by atoms with E-state index in [1.54, 1.807) is 4.90 Å². The molecule has 0 bridgehead atoms. The van der Waals surface area contributed by atoms with Gasteiger partial charge in [-0.25, -0.2) is 9.97 Å². The molecule has 2 rings (SSSR count). The lowest BCUT2D eigenvalue weighted by Crippen LogP contribution is -2.37. The molecule has 0 saturated carbocycles. The molecule has 0 aliphatic rings. The standard InChI is InChI=1S/C18H20N4OS/c1-13-12-17(21-15(3)20-13)24-14(2)18(23)22(11-7-10-19)16-8-5-4-6-9-16/h4-6,8-9,12,14H,7,11H2,1-3H3. The molecule has 1 aromatic heterocycles. The zero-order chi connectivity index (χ0) is 17.5. The van der Waals surface area contributed by atoms with Gasteiger partial charge in [-0.2, -0.15) is 5.26 Å². The van der Waals surface area contributed by atoms with E-state index in [4.69, 9.17) is 5.26 Å². The van der Waals surface area contributed by atoms with Gasteiger partial charge >= 0.3 is 0 Å². The van der Waals surface area contributed by atoms with Crippen molar-refractivity contribution in [2.75, 3.05) is 11.4 Å². The van der Waals surface area contributed by atoms with Crippen LogP contribution >= 0.6 is 11.8 Å². The Bertz CT molecular complexity index is 722. The predicted octanol–water partition coefficient (Wildman–Crippen LogP) is 3.52. The van der Waals surface area contributed by atoms with Gasteiger partial charge in [0.15, 0.2) is 0 Å². The molecule has 1 aromatic carbocycles. The monoisotopic (exact) mass is 340 g/mol. The molecule has 6 heteroatoms. The van der Waals surface area contributed by atoms with Crippen LogP contribution in [0.15, 0.2) is 41.4 Å². The number of carbonyl (C=O) groups is 1. The minimum Gasteiger partial charge on any atom is -0.310 e. The fourth-order valence-corrected chi connectivity index (χ4v) is 3.34. The number of aryl methyl sites for hydroxylation is 2. The number of anilines is 1. The Kier molecular flexibility index (Phi) is 6.33. The van der Waals surface area contributed by atoms with Gasteiger partial charge in [0.25, 0.3) is 0 Å². The number of benzene rings is 1. The van der Waals surface area contributed by atoms with Crippen LogP contribution in [0.4, 0.5) is 5.69 Å². The zero-order valence-electron chi connectivity index (χ0n) is 14.1. The van der Waals surface area contributed by atoms with Crippen LogP contribution in [-0.4, -0.2) is 27.7 Å². The van der Waals surface area contributed by atoms with E-state index in [1.807, 2.05) is 57.2 Å². The highest BCUT2D eigenvalue weighted by Gasteiger charge is 2.23. The Labute approximate surface area is 146 Å². The van der Waals surface area contributed by atoms with Gasteiger partial charge in [0.05, 0.1) is 17.7 Å². The van der Waals surface area contributed by atoms with E-state index in [0.717, 1.165) is 16.4 Å². The first-order valence-corrected chi connectivity index (χ1v) is 8.61. The lowest BCUT2D eigenvalue weighted by atomic mass is 10.2. The Morgan fingerprint density at radius 2 is 2.00 bits per heavy atom. The fraction of sp³-hybridized carbons (Fsp3) is 0.333. The quantitative estimate of drug-likeness (QED) is 0.594. The number of nitrogens with zero attached hydrogens (tertiary/aromatic N) is 4. The van der Waals surface area contributed by atoms with Crippen LogP contribution in [0.5, 0.6) is 0 Å². The number of thioether (sulfide) groups is 1. The largest absolute Gasteiger partial charge is 0.310 e. The molecular formula is C18H20N4OS. The van der Waals surface area contributed by atoms with E-state index >= 15 is 0 Å². The van der Waals surface area contributed by atoms with Crippen LogP contribution in [0.1, 0.15) is 24.9 Å². The molecule has 1 heterocycles. The van der Waals surface area contributed by atoms with Crippen molar-refractivity contribution in [1.82, 2.24) is 9.97 Å². The van der Waals surface area contributed by atoms with E-state index in [0.29, 0.717) is 18.8 Å². The first-order chi connectivity index (χ1) is 11.5. The molecule has 1 amide bonds. The molecule has 0 spiro atoms. The summed E-state index contributed by atoms with van der Waals surface area (Å²) in [6, 6.07) is 13.4. The van der Waals surface area contributed by atoms with Gasteiger partial charge < -0.3 is 4.90 Å². The number of rotatable bonds is 6. The minimum atomic E-state index is -0.308. The maximum absolute atomic E-state index is 12.9. The van der Waals surface area contributed by atoms with Crippen LogP contribution < -0.4 is 4.90 Å². The highest BCUT2D eigenvalue weighted by molar-refractivity contribution is 8.00. The van der Waals surface area contributed by atoms with Gasteiger partial charge in [0, 0.05) is 17.9 Å². The molecule has 5 nitrogen and oxygen atoms in total. The van der Waals surface area contributed by atoms with Gasteiger partial charge in [0.1, 0.15) is 10.9 Å². The van der Waals surface area contributed by atoms with Crippen molar-refractivity contribution in [3.8, 4) is 6.07 Å². The fourth-order valence-electron chi connectivity index (χ4n) is 2.33. The van der Waals surface area contributed by atoms with Crippen molar-refractivity contribution < 1.29 is 4.79 Å². The van der Waals surface area contributed by atoms with Crippen LogP contribution in [0.2, 0.25) is 0 Å². The highest BCUT2D eigenvalue weighted by Crippen LogP contribution is 2.25. The summed E-state index contributed by atoms with van der Waals surface area (Å²) in [6.07, 6.45) is 0.295. The summed E-state index contributed by atoms with van der Waals surface area (Å²) in [7, 11) is 0. The van der Waals surface area contributed by atoms with E-state index < -0.39 is 0 Å². The third-order valence-corrected chi connectivity index (χ3v) is 4.37. The molecule has 0 fully saturated rings. The summed E-state index contributed by atoms with van der Waals surface area (Å²) in [5.74, 6) is 0.664. The number of amides is 1. The van der Waals surface area contributed by atoms with Gasteiger partial charge in [-0.05, 0) is 39.0 Å². The van der Waals surface area contributed by atoms with Crippen molar-refractivity contribution >= 4 is 23.4 Å². The van der Waals surface area contributed by atoms with E-state index in [1.165, 1.54) is 11.8 Å².